The third-order valence-corrected chi connectivity index (χ3v) is 5.92. The van der Waals surface area contributed by atoms with E-state index < -0.39 is 5.54 Å². The average molecular weight is 364 g/mol. The molecule has 1 aliphatic carbocycles. The SMILES string of the molecule is O=C=NC1(c2c3c(c(Br)c4c2OCCC4)OCCC3)CCC1. The van der Waals surface area contributed by atoms with Crippen molar-refractivity contribution in [2.75, 3.05) is 13.2 Å². The Bertz CT molecular complexity index is 638. The monoisotopic (exact) mass is 363 g/mol. The lowest BCUT2D eigenvalue weighted by Crippen LogP contribution is -2.35. The molecule has 3 aliphatic rings. The Morgan fingerprint density at radius 1 is 1.00 bits per heavy atom. The minimum atomic E-state index is -0.436. The first-order chi connectivity index (χ1) is 10.8. The molecule has 0 unspecified atom stereocenters. The molecule has 0 amide bonds. The first-order valence-corrected chi connectivity index (χ1v) is 8.78. The number of ether oxygens (including phenoxy) is 2. The smallest absolute Gasteiger partial charge is 0.235 e. The summed E-state index contributed by atoms with van der Waals surface area (Å²) < 4.78 is 13.0. The number of benzene rings is 1. The number of halogens is 1. The summed E-state index contributed by atoms with van der Waals surface area (Å²) in [7, 11) is 0. The van der Waals surface area contributed by atoms with E-state index in [1.165, 1.54) is 11.1 Å². The molecule has 1 fully saturated rings. The summed E-state index contributed by atoms with van der Waals surface area (Å²) >= 11 is 3.72. The molecule has 22 heavy (non-hydrogen) atoms. The highest BCUT2D eigenvalue weighted by molar-refractivity contribution is 9.10. The van der Waals surface area contributed by atoms with Gasteiger partial charge in [0.1, 0.15) is 17.0 Å². The summed E-state index contributed by atoms with van der Waals surface area (Å²) in [5.41, 5.74) is 3.02. The quantitative estimate of drug-likeness (QED) is 0.592. The Kier molecular flexibility index (Phi) is 3.50. The molecule has 0 saturated heterocycles. The second kappa shape index (κ2) is 5.39. The number of hydrogen-bond acceptors (Lipinski definition) is 4. The fraction of sp³-hybridized carbons (Fsp3) is 0.588. The largest absolute Gasteiger partial charge is 0.493 e. The van der Waals surface area contributed by atoms with Crippen molar-refractivity contribution in [1.82, 2.24) is 0 Å². The van der Waals surface area contributed by atoms with Crippen LogP contribution in [0, 0.1) is 0 Å². The molecule has 5 heteroatoms. The van der Waals surface area contributed by atoms with Crippen LogP contribution >= 0.6 is 15.9 Å². The van der Waals surface area contributed by atoms with Crippen molar-refractivity contribution in [2.45, 2.75) is 50.5 Å². The zero-order valence-electron chi connectivity index (χ0n) is 12.4. The molecule has 1 saturated carbocycles. The van der Waals surface area contributed by atoms with Crippen molar-refractivity contribution in [3.05, 3.63) is 21.2 Å². The molecular weight excluding hydrogens is 346 g/mol. The predicted octanol–water partition coefficient (Wildman–Crippen LogP) is 3.81. The van der Waals surface area contributed by atoms with Gasteiger partial charge in [0.25, 0.3) is 0 Å². The van der Waals surface area contributed by atoms with Crippen LogP contribution in [0.3, 0.4) is 0 Å². The minimum absolute atomic E-state index is 0.436. The highest BCUT2D eigenvalue weighted by Gasteiger charge is 2.45. The lowest BCUT2D eigenvalue weighted by molar-refractivity contribution is 0.218. The maximum absolute atomic E-state index is 11.0. The van der Waals surface area contributed by atoms with Gasteiger partial charge >= 0.3 is 0 Å². The number of hydrogen-bond donors (Lipinski definition) is 0. The molecule has 2 aliphatic heterocycles. The van der Waals surface area contributed by atoms with Crippen LogP contribution in [0.1, 0.15) is 48.8 Å². The fourth-order valence-electron chi connectivity index (χ4n) is 3.90. The van der Waals surface area contributed by atoms with E-state index in [-0.39, 0.29) is 0 Å². The molecule has 0 atom stereocenters. The Morgan fingerprint density at radius 2 is 1.68 bits per heavy atom. The van der Waals surface area contributed by atoms with Crippen LogP contribution in [0.5, 0.6) is 11.5 Å². The zero-order valence-corrected chi connectivity index (χ0v) is 14.0. The molecule has 0 bridgehead atoms. The molecule has 0 aromatic heterocycles. The lowest BCUT2D eigenvalue weighted by Gasteiger charge is -2.42. The van der Waals surface area contributed by atoms with Crippen LogP contribution < -0.4 is 9.47 Å². The van der Waals surface area contributed by atoms with Crippen molar-refractivity contribution < 1.29 is 14.3 Å². The van der Waals surface area contributed by atoms with Crippen LogP contribution in [-0.2, 0) is 23.2 Å². The first kappa shape index (κ1) is 14.3. The van der Waals surface area contributed by atoms with Crippen molar-refractivity contribution in [3.8, 4) is 11.5 Å². The van der Waals surface area contributed by atoms with Crippen LogP contribution in [0.25, 0.3) is 0 Å². The summed E-state index contributed by atoms with van der Waals surface area (Å²) in [6, 6.07) is 0. The highest BCUT2D eigenvalue weighted by atomic mass is 79.9. The van der Waals surface area contributed by atoms with Crippen LogP contribution in [-0.4, -0.2) is 19.3 Å². The van der Waals surface area contributed by atoms with E-state index in [0.29, 0.717) is 0 Å². The number of isocyanates is 1. The third-order valence-electron chi connectivity index (χ3n) is 5.08. The summed E-state index contributed by atoms with van der Waals surface area (Å²) in [6.45, 7) is 1.47. The van der Waals surface area contributed by atoms with Gasteiger partial charge in [-0.1, -0.05) is 0 Å². The van der Waals surface area contributed by atoms with E-state index in [2.05, 4.69) is 20.9 Å². The van der Waals surface area contributed by atoms with E-state index in [0.717, 1.165) is 79.7 Å². The molecule has 2 heterocycles. The van der Waals surface area contributed by atoms with Gasteiger partial charge < -0.3 is 9.47 Å². The Labute approximate surface area is 138 Å². The number of aliphatic imine (C=N–C) groups is 1. The number of fused-ring (bicyclic) bond motifs is 2. The van der Waals surface area contributed by atoms with E-state index in [4.69, 9.17) is 9.47 Å². The fourth-order valence-corrected chi connectivity index (χ4v) is 4.63. The van der Waals surface area contributed by atoms with E-state index >= 15 is 0 Å². The molecule has 0 spiro atoms. The van der Waals surface area contributed by atoms with Gasteiger partial charge in [-0.15, -0.1) is 0 Å². The van der Waals surface area contributed by atoms with Gasteiger partial charge in [-0.3, -0.25) is 0 Å². The van der Waals surface area contributed by atoms with Gasteiger partial charge in [0, 0.05) is 16.7 Å². The molecule has 0 N–H and O–H groups in total. The molecule has 1 aromatic rings. The Balaban J connectivity index is 2.01. The van der Waals surface area contributed by atoms with Gasteiger partial charge in [0.05, 0.1) is 17.7 Å². The average Bonchev–Trinajstić information content (AvgIpc) is 2.52. The summed E-state index contributed by atoms with van der Waals surface area (Å²) in [6.07, 6.45) is 8.61. The summed E-state index contributed by atoms with van der Waals surface area (Å²) in [5, 5.41) is 0. The maximum atomic E-state index is 11.0. The van der Waals surface area contributed by atoms with Crippen molar-refractivity contribution in [3.63, 3.8) is 0 Å². The first-order valence-electron chi connectivity index (χ1n) is 7.99. The molecule has 116 valence electrons. The van der Waals surface area contributed by atoms with Crippen LogP contribution in [0.2, 0.25) is 0 Å². The topological polar surface area (TPSA) is 47.9 Å². The van der Waals surface area contributed by atoms with Crippen LogP contribution in [0.4, 0.5) is 0 Å². The molecule has 0 radical (unpaired) electrons. The second-order valence-corrected chi connectivity index (χ2v) is 7.09. The number of nitrogens with zero attached hydrogens (tertiary/aromatic N) is 1. The van der Waals surface area contributed by atoms with Crippen LogP contribution in [0.15, 0.2) is 9.47 Å². The Hall–Kier alpha value is -1.32. The standard InChI is InChI=1S/C17H18BrNO3/c18-14-12-5-2-8-21-15(12)13(11-4-1-9-22-16(11)14)17(19-10-20)6-3-7-17/h1-9H2. The van der Waals surface area contributed by atoms with Crippen molar-refractivity contribution in [1.29, 1.82) is 0 Å². The maximum Gasteiger partial charge on any atom is 0.235 e. The number of rotatable bonds is 2. The van der Waals surface area contributed by atoms with Gasteiger partial charge in [-0.2, -0.15) is 4.99 Å². The van der Waals surface area contributed by atoms with Crippen molar-refractivity contribution in [2.24, 2.45) is 4.99 Å². The summed E-state index contributed by atoms with van der Waals surface area (Å²) in [5.74, 6) is 1.89. The Morgan fingerprint density at radius 3 is 2.32 bits per heavy atom. The summed E-state index contributed by atoms with van der Waals surface area (Å²) in [4.78, 5) is 15.2. The van der Waals surface area contributed by atoms with Gasteiger partial charge in [0.15, 0.2) is 0 Å². The number of carbonyl (C=O) groups excluding carboxylic acids is 1. The van der Waals surface area contributed by atoms with Gasteiger partial charge in [-0.25, -0.2) is 4.79 Å². The highest BCUT2D eigenvalue weighted by Crippen LogP contribution is 2.56. The van der Waals surface area contributed by atoms with Gasteiger partial charge in [-0.05, 0) is 60.9 Å². The van der Waals surface area contributed by atoms with Gasteiger partial charge in [0.2, 0.25) is 6.08 Å². The van der Waals surface area contributed by atoms with E-state index in [1.807, 2.05) is 0 Å². The predicted molar refractivity (Wildman–Crippen MR) is 85.4 cm³/mol. The normalized spacial score (nSPS) is 21.3. The minimum Gasteiger partial charge on any atom is -0.493 e. The lowest BCUT2D eigenvalue weighted by atomic mass is 9.69. The third kappa shape index (κ3) is 1.95. The molecular formula is C17H18BrNO3. The van der Waals surface area contributed by atoms with E-state index in [9.17, 15) is 4.79 Å². The second-order valence-electron chi connectivity index (χ2n) is 6.30. The zero-order chi connectivity index (χ0) is 15.2. The molecule has 4 rings (SSSR count). The van der Waals surface area contributed by atoms with E-state index in [1.54, 1.807) is 6.08 Å². The van der Waals surface area contributed by atoms with Crippen molar-refractivity contribution >= 4 is 22.0 Å². The molecule has 1 aromatic carbocycles. The molecule has 4 nitrogen and oxygen atoms in total.